The van der Waals surface area contributed by atoms with Gasteiger partial charge in [0, 0.05) is 14.7 Å². The number of halogens is 1. The van der Waals surface area contributed by atoms with E-state index in [1.165, 1.54) is 3.57 Å². The van der Waals surface area contributed by atoms with Crippen LogP contribution < -0.4 is 5.73 Å². The molecule has 16 heavy (non-hydrogen) atoms. The molecule has 0 amide bonds. The third-order valence-corrected chi connectivity index (χ3v) is 3.17. The van der Waals surface area contributed by atoms with Crippen LogP contribution in [-0.2, 0) is 0 Å². The standard InChI is InChI=1S/C12H13IN2O/c1-7(2)10-11(15-16-12(10)14)8-3-5-9(13)6-4-8/h3-7H,14H2,1-2H3. The van der Waals surface area contributed by atoms with Crippen LogP contribution in [0.25, 0.3) is 11.3 Å². The van der Waals surface area contributed by atoms with Crippen molar-refractivity contribution in [2.75, 3.05) is 5.73 Å². The second kappa shape index (κ2) is 4.45. The van der Waals surface area contributed by atoms with Crippen molar-refractivity contribution in [2.45, 2.75) is 19.8 Å². The number of aromatic nitrogens is 1. The van der Waals surface area contributed by atoms with Crippen LogP contribution in [0.4, 0.5) is 5.88 Å². The van der Waals surface area contributed by atoms with Crippen molar-refractivity contribution in [1.29, 1.82) is 0 Å². The average Bonchev–Trinajstić information content (AvgIpc) is 2.61. The summed E-state index contributed by atoms with van der Waals surface area (Å²) in [5.74, 6) is 0.726. The molecule has 4 heteroatoms. The lowest BCUT2D eigenvalue weighted by atomic mass is 9.99. The number of nitrogen functional groups attached to an aromatic ring is 1. The summed E-state index contributed by atoms with van der Waals surface area (Å²) in [4.78, 5) is 0. The number of rotatable bonds is 2. The highest BCUT2D eigenvalue weighted by atomic mass is 127. The van der Waals surface area contributed by atoms with E-state index in [9.17, 15) is 0 Å². The molecule has 2 rings (SSSR count). The van der Waals surface area contributed by atoms with Gasteiger partial charge < -0.3 is 10.3 Å². The Labute approximate surface area is 108 Å². The molecule has 0 unspecified atom stereocenters. The van der Waals surface area contributed by atoms with E-state index in [0.29, 0.717) is 11.8 Å². The molecule has 1 heterocycles. The van der Waals surface area contributed by atoms with Gasteiger partial charge in [0.05, 0.1) is 0 Å². The van der Waals surface area contributed by atoms with E-state index in [1.807, 2.05) is 24.3 Å². The molecule has 0 aliphatic rings. The van der Waals surface area contributed by atoms with Gasteiger partial charge in [0.15, 0.2) is 0 Å². The van der Waals surface area contributed by atoms with Crippen LogP contribution in [0.15, 0.2) is 28.8 Å². The van der Waals surface area contributed by atoms with Gasteiger partial charge in [0.2, 0.25) is 5.88 Å². The largest absolute Gasteiger partial charge is 0.367 e. The zero-order valence-electron chi connectivity index (χ0n) is 9.20. The molecule has 0 bridgehead atoms. The minimum Gasteiger partial charge on any atom is -0.367 e. The monoisotopic (exact) mass is 328 g/mol. The Morgan fingerprint density at radius 2 is 1.88 bits per heavy atom. The zero-order valence-corrected chi connectivity index (χ0v) is 11.4. The topological polar surface area (TPSA) is 52.0 Å². The van der Waals surface area contributed by atoms with Gasteiger partial charge in [-0.3, -0.25) is 0 Å². The van der Waals surface area contributed by atoms with E-state index in [1.54, 1.807) is 0 Å². The van der Waals surface area contributed by atoms with Crippen LogP contribution in [0.3, 0.4) is 0 Å². The van der Waals surface area contributed by atoms with E-state index < -0.39 is 0 Å². The highest BCUT2D eigenvalue weighted by Gasteiger charge is 2.17. The van der Waals surface area contributed by atoms with Crippen LogP contribution in [0.5, 0.6) is 0 Å². The Balaban J connectivity index is 2.52. The first kappa shape index (κ1) is 11.4. The van der Waals surface area contributed by atoms with Gasteiger partial charge in [-0.05, 0) is 40.6 Å². The summed E-state index contributed by atoms with van der Waals surface area (Å²) >= 11 is 2.27. The zero-order chi connectivity index (χ0) is 11.7. The van der Waals surface area contributed by atoms with Crippen molar-refractivity contribution in [2.24, 2.45) is 0 Å². The molecule has 0 saturated carbocycles. The summed E-state index contributed by atoms with van der Waals surface area (Å²) < 4.78 is 6.27. The SMILES string of the molecule is CC(C)c1c(-c2ccc(I)cc2)noc1N. The van der Waals surface area contributed by atoms with Gasteiger partial charge in [0.1, 0.15) is 5.69 Å². The molecule has 0 spiro atoms. The maximum atomic E-state index is 5.78. The number of hydrogen-bond donors (Lipinski definition) is 1. The number of hydrogen-bond acceptors (Lipinski definition) is 3. The molecule has 1 aromatic heterocycles. The summed E-state index contributed by atoms with van der Waals surface area (Å²) in [7, 11) is 0. The molecule has 3 nitrogen and oxygen atoms in total. The summed E-state index contributed by atoms with van der Waals surface area (Å²) in [6.45, 7) is 4.16. The minimum absolute atomic E-state index is 0.306. The molecular formula is C12H13IN2O. The number of nitrogens with two attached hydrogens (primary N) is 1. The number of benzene rings is 1. The highest BCUT2D eigenvalue weighted by molar-refractivity contribution is 14.1. The van der Waals surface area contributed by atoms with Gasteiger partial charge >= 0.3 is 0 Å². The summed E-state index contributed by atoms with van der Waals surface area (Å²) in [6, 6.07) is 8.16. The van der Waals surface area contributed by atoms with E-state index in [-0.39, 0.29) is 0 Å². The second-order valence-corrected chi connectivity index (χ2v) is 5.22. The van der Waals surface area contributed by atoms with Crippen molar-refractivity contribution in [3.63, 3.8) is 0 Å². The van der Waals surface area contributed by atoms with Gasteiger partial charge in [-0.1, -0.05) is 31.1 Å². The van der Waals surface area contributed by atoms with Gasteiger partial charge in [-0.15, -0.1) is 0 Å². The van der Waals surface area contributed by atoms with Crippen molar-refractivity contribution in [3.8, 4) is 11.3 Å². The lowest BCUT2D eigenvalue weighted by Gasteiger charge is -2.05. The highest BCUT2D eigenvalue weighted by Crippen LogP contribution is 2.32. The minimum atomic E-state index is 0.306. The molecule has 2 N–H and O–H groups in total. The Morgan fingerprint density at radius 1 is 1.25 bits per heavy atom. The van der Waals surface area contributed by atoms with E-state index in [2.05, 4.69) is 41.6 Å². The number of nitrogens with zero attached hydrogens (tertiary/aromatic N) is 1. The summed E-state index contributed by atoms with van der Waals surface area (Å²) in [5.41, 5.74) is 8.66. The molecule has 0 atom stereocenters. The van der Waals surface area contributed by atoms with Crippen LogP contribution in [0, 0.1) is 3.57 Å². The van der Waals surface area contributed by atoms with E-state index in [0.717, 1.165) is 16.8 Å². The maximum absolute atomic E-state index is 5.78. The van der Waals surface area contributed by atoms with Crippen molar-refractivity contribution in [1.82, 2.24) is 5.16 Å². The fourth-order valence-corrected chi connectivity index (χ4v) is 2.04. The Bertz CT molecular complexity index is 488. The average molecular weight is 328 g/mol. The number of anilines is 1. The van der Waals surface area contributed by atoms with Gasteiger partial charge in [-0.25, -0.2) is 0 Å². The maximum Gasteiger partial charge on any atom is 0.226 e. The summed E-state index contributed by atoms with van der Waals surface area (Å²) in [5, 5.41) is 4.03. The molecular weight excluding hydrogens is 315 g/mol. The molecule has 0 saturated heterocycles. The predicted octanol–water partition coefficient (Wildman–Crippen LogP) is 3.65. The molecule has 84 valence electrons. The molecule has 0 radical (unpaired) electrons. The van der Waals surface area contributed by atoms with Gasteiger partial charge in [0.25, 0.3) is 0 Å². The third kappa shape index (κ3) is 2.07. The first-order chi connectivity index (χ1) is 7.59. The van der Waals surface area contributed by atoms with Crippen LogP contribution in [-0.4, -0.2) is 5.16 Å². The molecule has 0 fully saturated rings. The van der Waals surface area contributed by atoms with Gasteiger partial charge in [-0.2, -0.15) is 0 Å². The van der Waals surface area contributed by atoms with Crippen molar-refractivity contribution >= 4 is 28.5 Å². The quantitative estimate of drug-likeness (QED) is 0.856. The predicted molar refractivity (Wildman–Crippen MR) is 73.2 cm³/mol. The normalized spacial score (nSPS) is 11.0. The van der Waals surface area contributed by atoms with E-state index in [4.69, 9.17) is 10.3 Å². The Morgan fingerprint density at radius 3 is 2.44 bits per heavy atom. The fraction of sp³-hybridized carbons (Fsp3) is 0.250. The first-order valence-electron chi connectivity index (χ1n) is 5.10. The molecule has 0 aliphatic heterocycles. The fourth-order valence-electron chi connectivity index (χ4n) is 1.68. The smallest absolute Gasteiger partial charge is 0.226 e. The second-order valence-electron chi connectivity index (χ2n) is 3.97. The lowest BCUT2D eigenvalue weighted by molar-refractivity contribution is 0.438. The van der Waals surface area contributed by atoms with Crippen molar-refractivity contribution in [3.05, 3.63) is 33.4 Å². The Hall–Kier alpha value is -1.04. The molecule has 1 aromatic carbocycles. The van der Waals surface area contributed by atoms with Crippen LogP contribution >= 0.6 is 22.6 Å². The Kier molecular flexibility index (Phi) is 3.18. The van der Waals surface area contributed by atoms with Crippen molar-refractivity contribution < 1.29 is 4.52 Å². The first-order valence-corrected chi connectivity index (χ1v) is 6.18. The molecule has 0 aliphatic carbocycles. The third-order valence-electron chi connectivity index (χ3n) is 2.45. The lowest BCUT2D eigenvalue weighted by Crippen LogP contribution is -1.94. The molecule has 2 aromatic rings. The van der Waals surface area contributed by atoms with Crippen LogP contribution in [0.1, 0.15) is 25.3 Å². The summed E-state index contributed by atoms with van der Waals surface area (Å²) in [6.07, 6.45) is 0. The van der Waals surface area contributed by atoms with Crippen LogP contribution in [0.2, 0.25) is 0 Å². The van der Waals surface area contributed by atoms with E-state index >= 15 is 0 Å².